The van der Waals surface area contributed by atoms with Gasteiger partial charge in [-0.3, -0.25) is 14.6 Å². The summed E-state index contributed by atoms with van der Waals surface area (Å²) >= 11 is 6.33. The van der Waals surface area contributed by atoms with E-state index in [9.17, 15) is 9.59 Å². The van der Waals surface area contributed by atoms with Crippen LogP contribution in [0.15, 0.2) is 54.6 Å². The Hall–Kier alpha value is -3.98. The number of anilines is 3. The molecule has 10 heteroatoms. The summed E-state index contributed by atoms with van der Waals surface area (Å²) in [6.45, 7) is 11.5. The van der Waals surface area contributed by atoms with Crippen molar-refractivity contribution in [2.24, 2.45) is 5.92 Å². The average Bonchev–Trinajstić information content (AvgIpc) is 2.94. The van der Waals surface area contributed by atoms with Crippen LogP contribution in [0.25, 0.3) is 0 Å². The SMILES string of the molecule is COc1ccc(CN(C(=O)OC(C)(C)C)c2ccc3c(n2)OC(C)(CCC(C)C)C(=O)N3c2cccc(Cl)c2)c(OC)c1. The maximum absolute atomic E-state index is 14.0. The quantitative estimate of drug-likeness (QED) is 0.243. The van der Waals surface area contributed by atoms with E-state index in [0.29, 0.717) is 45.8 Å². The van der Waals surface area contributed by atoms with Gasteiger partial charge < -0.3 is 18.9 Å². The van der Waals surface area contributed by atoms with E-state index < -0.39 is 17.3 Å². The van der Waals surface area contributed by atoms with E-state index in [-0.39, 0.29) is 24.1 Å². The number of ether oxygens (including phenoxy) is 4. The first-order valence-corrected chi connectivity index (χ1v) is 14.6. The largest absolute Gasteiger partial charge is 0.497 e. The average molecular weight is 610 g/mol. The molecule has 4 rings (SSSR count). The molecule has 1 aromatic heterocycles. The predicted octanol–water partition coefficient (Wildman–Crippen LogP) is 7.95. The number of benzene rings is 2. The van der Waals surface area contributed by atoms with Gasteiger partial charge in [-0.05, 0) is 88.9 Å². The summed E-state index contributed by atoms with van der Waals surface area (Å²) in [7, 11) is 3.13. The molecule has 230 valence electrons. The fourth-order valence-corrected chi connectivity index (χ4v) is 4.91. The van der Waals surface area contributed by atoms with Gasteiger partial charge in [0, 0.05) is 16.7 Å². The molecule has 2 amide bonds. The molecule has 2 heterocycles. The highest BCUT2D eigenvalue weighted by atomic mass is 35.5. The number of halogens is 1. The number of carbonyl (C=O) groups excluding carboxylic acids is 2. The van der Waals surface area contributed by atoms with Crippen molar-refractivity contribution in [3.8, 4) is 17.4 Å². The molecular weight excluding hydrogens is 570 g/mol. The third kappa shape index (κ3) is 7.33. The van der Waals surface area contributed by atoms with E-state index in [4.69, 9.17) is 35.5 Å². The number of pyridine rings is 1. The Morgan fingerprint density at radius 1 is 1.09 bits per heavy atom. The standard InChI is InChI=1S/C33H40ClN3O6/c1-21(2)16-17-33(6)30(38)37(24-11-9-10-23(34)18-24)26-14-15-28(35-29(26)42-33)36(31(39)43-32(3,4)5)20-22-12-13-25(40-7)19-27(22)41-8/h9-15,18-19,21H,16-17,20H2,1-8H3. The minimum atomic E-state index is -1.19. The summed E-state index contributed by atoms with van der Waals surface area (Å²) in [6, 6.07) is 15.9. The normalized spacial score (nSPS) is 16.4. The van der Waals surface area contributed by atoms with Gasteiger partial charge in [-0.15, -0.1) is 0 Å². The Kier molecular flexibility index (Phi) is 9.44. The van der Waals surface area contributed by atoms with Crippen molar-refractivity contribution in [3.05, 3.63) is 65.2 Å². The van der Waals surface area contributed by atoms with Gasteiger partial charge in [0.1, 0.15) is 28.6 Å². The number of fused-ring (bicyclic) bond motifs is 1. The molecule has 1 aliphatic rings. The van der Waals surface area contributed by atoms with Gasteiger partial charge >= 0.3 is 6.09 Å². The Morgan fingerprint density at radius 2 is 1.84 bits per heavy atom. The molecule has 9 nitrogen and oxygen atoms in total. The lowest BCUT2D eigenvalue weighted by molar-refractivity contribution is -0.134. The van der Waals surface area contributed by atoms with Crippen LogP contribution >= 0.6 is 11.6 Å². The van der Waals surface area contributed by atoms with E-state index in [1.807, 2.05) is 12.1 Å². The van der Waals surface area contributed by atoms with Gasteiger partial charge in [0.2, 0.25) is 5.88 Å². The maximum Gasteiger partial charge on any atom is 0.416 e. The molecule has 0 aliphatic carbocycles. The lowest BCUT2D eigenvalue weighted by Gasteiger charge is -2.40. The van der Waals surface area contributed by atoms with E-state index >= 15 is 0 Å². The number of aromatic nitrogens is 1. The number of rotatable bonds is 9. The smallest absolute Gasteiger partial charge is 0.416 e. The zero-order valence-electron chi connectivity index (χ0n) is 26.1. The van der Waals surface area contributed by atoms with Crippen LogP contribution in [0.5, 0.6) is 17.4 Å². The molecule has 0 spiro atoms. The fraction of sp³-hybridized carbons (Fsp3) is 0.424. The number of carbonyl (C=O) groups is 2. The Morgan fingerprint density at radius 3 is 2.47 bits per heavy atom. The molecule has 3 aromatic rings. The minimum absolute atomic E-state index is 0.0927. The van der Waals surface area contributed by atoms with E-state index in [1.54, 1.807) is 89.3 Å². The van der Waals surface area contributed by atoms with Crippen molar-refractivity contribution >= 4 is 40.8 Å². The molecule has 1 aliphatic heterocycles. The third-order valence-electron chi connectivity index (χ3n) is 7.02. The van der Waals surface area contributed by atoms with Crippen LogP contribution in [-0.4, -0.2) is 42.4 Å². The fourth-order valence-electron chi connectivity index (χ4n) is 4.72. The summed E-state index contributed by atoms with van der Waals surface area (Å²) in [5.41, 5.74) is -0.188. The monoisotopic (exact) mass is 609 g/mol. The lowest BCUT2D eigenvalue weighted by Crippen LogP contribution is -2.53. The van der Waals surface area contributed by atoms with Crippen LogP contribution in [0.2, 0.25) is 5.02 Å². The van der Waals surface area contributed by atoms with Gasteiger partial charge in [-0.25, -0.2) is 4.79 Å². The molecule has 0 fully saturated rings. The minimum Gasteiger partial charge on any atom is -0.497 e. The highest BCUT2D eigenvalue weighted by Gasteiger charge is 2.46. The molecule has 0 saturated heterocycles. The summed E-state index contributed by atoms with van der Waals surface area (Å²) in [4.78, 5) is 35.4. The van der Waals surface area contributed by atoms with Crippen LogP contribution in [0, 0.1) is 5.92 Å². The summed E-state index contributed by atoms with van der Waals surface area (Å²) < 4.78 is 23.1. The number of hydrogen-bond acceptors (Lipinski definition) is 7. The van der Waals surface area contributed by atoms with Crippen molar-refractivity contribution < 1.29 is 28.5 Å². The van der Waals surface area contributed by atoms with E-state index in [0.717, 1.165) is 6.42 Å². The van der Waals surface area contributed by atoms with Gasteiger partial charge in [0.25, 0.3) is 5.91 Å². The predicted molar refractivity (Wildman–Crippen MR) is 168 cm³/mol. The molecule has 0 saturated carbocycles. The third-order valence-corrected chi connectivity index (χ3v) is 7.26. The molecular formula is C33H40ClN3O6. The zero-order valence-corrected chi connectivity index (χ0v) is 26.8. The van der Waals surface area contributed by atoms with Gasteiger partial charge in [-0.2, -0.15) is 4.98 Å². The highest BCUT2D eigenvalue weighted by Crippen LogP contribution is 2.44. The molecule has 0 bridgehead atoms. The van der Waals surface area contributed by atoms with Crippen LogP contribution in [0.4, 0.5) is 22.0 Å². The van der Waals surface area contributed by atoms with Gasteiger partial charge in [-0.1, -0.05) is 31.5 Å². The van der Waals surface area contributed by atoms with Crippen LogP contribution < -0.4 is 24.0 Å². The second-order valence-corrected chi connectivity index (χ2v) is 12.6. The molecule has 1 atom stereocenters. The molecule has 0 N–H and O–H groups in total. The van der Waals surface area contributed by atoms with Crippen molar-refractivity contribution in [3.63, 3.8) is 0 Å². The Bertz CT molecular complexity index is 1490. The number of hydrogen-bond donors (Lipinski definition) is 0. The van der Waals surface area contributed by atoms with E-state index in [2.05, 4.69) is 13.8 Å². The Labute approximate surface area is 258 Å². The number of nitrogens with zero attached hydrogens (tertiary/aromatic N) is 3. The number of amides is 2. The van der Waals surface area contributed by atoms with E-state index in [1.165, 1.54) is 4.90 Å². The summed E-state index contributed by atoms with van der Waals surface area (Å²) in [5.74, 6) is 1.81. The molecule has 1 unspecified atom stereocenters. The Balaban J connectivity index is 1.83. The van der Waals surface area contributed by atoms with Crippen molar-refractivity contribution in [2.75, 3.05) is 24.0 Å². The van der Waals surface area contributed by atoms with Crippen LogP contribution in [-0.2, 0) is 16.1 Å². The summed E-state index contributed by atoms with van der Waals surface area (Å²) in [5, 5.41) is 0.497. The maximum atomic E-state index is 14.0. The molecule has 2 aromatic carbocycles. The topological polar surface area (TPSA) is 90.4 Å². The van der Waals surface area contributed by atoms with Crippen molar-refractivity contribution in [1.29, 1.82) is 0 Å². The van der Waals surface area contributed by atoms with Crippen LogP contribution in [0.1, 0.15) is 59.9 Å². The lowest BCUT2D eigenvalue weighted by atomic mass is 9.92. The van der Waals surface area contributed by atoms with Gasteiger partial charge in [0.15, 0.2) is 5.60 Å². The first-order chi connectivity index (χ1) is 20.2. The zero-order chi connectivity index (χ0) is 31.5. The summed E-state index contributed by atoms with van der Waals surface area (Å²) in [6.07, 6.45) is 0.645. The van der Waals surface area contributed by atoms with Crippen molar-refractivity contribution in [2.45, 2.75) is 72.1 Å². The molecule has 0 radical (unpaired) electrons. The first kappa shape index (κ1) is 31.9. The number of methoxy groups -OCH3 is 2. The van der Waals surface area contributed by atoms with Crippen molar-refractivity contribution in [1.82, 2.24) is 4.98 Å². The van der Waals surface area contributed by atoms with Gasteiger partial charge in [0.05, 0.1) is 26.5 Å². The van der Waals surface area contributed by atoms with Crippen LogP contribution in [0.3, 0.4) is 0 Å². The second kappa shape index (κ2) is 12.7. The molecule has 43 heavy (non-hydrogen) atoms. The second-order valence-electron chi connectivity index (χ2n) is 12.1. The highest BCUT2D eigenvalue weighted by molar-refractivity contribution is 6.31. The first-order valence-electron chi connectivity index (χ1n) is 14.3.